The standard InChI is InChI=1S/C9H12ClN3O/c1-9(2)3-4-13-7(9)5(10)6(12-13)8(11)14/h3-4H2,1-2H3,(H2,11,14). The van der Waals surface area contributed by atoms with Crippen LogP contribution >= 0.6 is 11.6 Å². The molecular weight excluding hydrogens is 202 g/mol. The number of hydrogen-bond donors (Lipinski definition) is 1. The summed E-state index contributed by atoms with van der Waals surface area (Å²) >= 11 is 6.07. The van der Waals surface area contributed by atoms with Gasteiger partial charge in [-0.25, -0.2) is 0 Å². The molecule has 0 fully saturated rings. The zero-order valence-corrected chi connectivity index (χ0v) is 8.93. The van der Waals surface area contributed by atoms with Crippen LogP contribution in [0.15, 0.2) is 0 Å². The SMILES string of the molecule is CC1(C)CCn2nc(C(N)=O)c(Cl)c21. The van der Waals surface area contributed by atoms with E-state index >= 15 is 0 Å². The van der Waals surface area contributed by atoms with Crippen molar-refractivity contribution in [2.75, 3.05) is 0 Å². The van der Waals surface area contributed by atoms with Crippen molar-refractivity contribution in [1.29, 1.82) is 0 Å². The van der Waals surface area contributed by atoms with Gasteiger partial charge >= 0.3 is 0 Å². The van der Waals surface area contributed by atoms with E-state index in [0.29, 0.717) is 5.02 Å². The minimum Gasteiger partial charge on any atom is -0.364 e. The first kappa shape index (κ1) is 9.52. The average molecular weight is 214 g/mol. The van der Waals surface area contributed by atoms with Gasteiger partial charge in [-0.05, 0) is 6.42 Å². The molecule has 1 aromatic heterocycles. The molecule has 1 aromatic rings. The zero-order chi connectivity index (χ0) is 10.5. The van der Waals surface area contributed by atoms with Gasteiger partial charge in [0.2, 0.25) is 0 Å². The van der Waals surface area contributed by atoms with Gasteiger partial charge in [0.1, 0.15) is 0 Å². The number of hydrogen-bond acceptors (Lipinski definition) is 2. The summed E-state index contributed by atoms with van der Waals surface area (Å²) in [6.07, 6.45) is 0.994. The molecule has 2 rings (SSSR count). The third kappa shape index (κ3) is 1.14. The van der Waals surface area contributed by atoms with Gasteiger partial charge in [0.05, 0.1) is 10.7 Å². The van der Waals surface area contributed by atoms with E-state index in [4.69, 9.17) is 17.3 Å². The normalized spacial score (nSPS) is 18.2. The molecular formula is C9H12ClN3O. The first-order chi connectivity index (χ1) is 6.43. The maximum Gasteiger partial charge on any atom is 0.270 e. The van der Waals surface area contributed by atoms with Gasteiger partial charge in [-0.2, -0.15) is 5.10 Å². The number of carbonyl (C=O) groups excluding carboxylic acids is 1. The molecule has 1 amide bonds. The zero-order valence-electron chi connectivity index (χ0n) is 8.17. The lowest BCUT2D eigenvalue weighted by Gasteiger charge is -2.15. The van der Waals surface area contributed by atoms with E-state index in [-0.39, 0.29) is 11.1 Å². The highest BCUT2D eigenvalue weighted by atomic mass is 35.5. The van der Waals surface area contributed by atoms with E-state index in [1.54, 1.807) is 4.68 Å². The molecule has 0 aromatic carbocycles. The molecule has 76 valence electrons. The molecule has 2 heterocycles. The molecule has 0 bridgehead atoms. The summed E-state index contributed by atoms with van der Waals surface area (Å²) < 4.78 is 1.78. The van der Waals surface area contributed by atoms with Crippen LogP contribution in [0.2, 0.25) is 5.02 Å². The number of nitrogens with two attached hydrogens (primary N) is 1. The number of carbonyl (C=O) groups is 1. The number of amides is 1. The molecule has 0 spiro atoms. The summed E-state index contributed by atoms with van der Waals surface area (Å²) in [5.74, 6) is -0.562. The molecule has 1 aliphatic heterocycles. The second-order valence-electron chi connectivity index (χ2n) is 4.23. The van der Waals surface area contributed by atoms with Crippen LogP contribution in [0, 0.1) is 0 Å². The predicted octanol–water partition coefficient (Wildman–Crippen LogP) is 1.32. The Morgan fingerprint density at radius 1 is 1.64 bits per heavy atom. The summed E-state index contributed by atoms with van der Waals surface area (Å²) in [5.41, 5.74) is 6.26. The molecule has 0 aliphatic carbocycles. The lowest BCUT2D eigenvalue weighted by Crippen LogP contribution is -2.15. The fourth-order valence-corrected chi connectivity index (χ4v) is 2.39. The van der Waals surface area contributed by atoms with Crippen molar-refractivity contribution in [1.82, 2.24) is 9.78 Å². The minimum absolute atomic E-state index is 0.0161. The molecule has 0 saturated heterocycles. The number of aromatic nitrogens is 2. The topological polar surface area (TPSA) is 60.9 Å². The number of nitrogens with zero attached hydrogens (tertiary/aromatic N) is 2. The highest BCUT2D eigenvalue weighted by Crippen LogP contribution is 2.39. The van der Waals surface area contributed by atoms with Crippen LogP contribution < -0.4 is 5.73 Å². The highest BCUT2D eigenvalue weighted by Gasteiger charge is 2.36. The van der Waals surface area contributed by atoms with Crippen molar-refractivity contribution in [2.45, 2.75) is 32.2 Å². The van der Waals surface area contributed by atoms with E-state index in [1.165, 1.54) is 0 Å². The van der Waals surface area contributed by atoms with Crippen molar-refractivity contribution in [2.24, 2.45) is 5.73 Å². The Balaban J connectivity index is 2.61. The Morgan fingerprint density at radius 2 is 2.29 bits per heavy atom. The second kappa shape index (κ2) is 2.73. The van der Waals surface area contributed by atoms with Gasteiger partial charge in [-0.1, -0.05) is 25.4 Å². The maximum absolute atomic E-state index is 11.0. The quantitative estimate of drug-likeness (QED) is 0.765. The van der Waals surface area contributed by atoms with Crippen LogP contribution in [-0.2, 0) is 12.0 Å². The summed E-state index contributed by atoms with van der Waals surface area (Å²) in [5, 5.41) is 4.51. The van der Waals surface area contributed by atoms with Crippen LogP contribution in [0.4, 0.5) is 0 Å². The molecule has 0 atom stereocenters. The summed E-state index contributed by atoms with van der Waals surface area (Å²) in [4.78, 5) is 11.0. The van der Waals surface area contributed by atoms with Gasteiger partial charge in [0.15, 0.2) is 5.69 Å². The van der Waals surface area contributed by atoms with Crippen molar-refractivity contribution in [3.05, 3.63) is 16.4 Å². The van der Waals surface area contributed by atoms with Gasteiger partial charge in [0.25, 0.3) is 5.91 Å². The third-order valence-electron chi connectivity index (χ3n) is 2.72. The monoisotopic (exact) mass is 213 g/mol. The Labute approximate surface area is 87.0 Å². The lowest BCUT2D eigenvalue weighted by atomic mass is 9.88. The van der Waals surface area contributed by atoms with E-state index < -0.39 is 5.91 Å². The number of halogens is 1. The molecule has 0 saturated carbocycles. The predicted molar refractivity (Wildman–Crippen MR) is 53.4 cm³/mol. The minimum atomic E-state index is -0.562. The molecule has 4 nitrogen and oxygen atoms in total. The molecule has 5 heteroatoms. The Bertz CT molecular complexity index is 408. The van der Waals surface area contributed by atoms with Crippen molar-refractivity contribution >= 4 is 17.5 Å². The second-order valence-corrected chi connectivity index (χ2v) is 4.61. The van der Waals surface area contributed by atoms with Gasteiger partial charge in [0, 0.05) is 12.0 Å². The summed E-state index contributed by atoms with van der Waals surface area (Å²) in [7, 11) is 0. The fraction of sp³-hybridized carbons (Fsp3) is 0.556. The van der Waals surface area contributed by atoms with Gasteiger partial charge in [-0.15, -0.1) is 0 Å². The van der Waals surface area contributed by atoms with Gasteiger partial charge < -0.3 is 5.73 Å². The Hall–Kier alpha value is -1.03. The molecule has 14 heavy (non-hydrogen) atoms. The Kier molecular flexibility index (Phi) is 1.86. The number of fused-ring (bicyclic) bond motifs is 1. The Morgan fingerprint density at radius 3 is 2.79 bits per heavy atom. The maximum atomic E-state index is 11.0. The van der Waals surface area contributed by atoms with Crippen molar-refractivity contribution in [3.63, 3.8) is 0 Å². The first-order valence-corrected chi connectivity index (χ1v) is 4.88. The smallest absolute Gasteiger partial charge is 0.270 e. The van der Waals surface area contributed by atoms with Crippen LogP contribution in [0.5, 0.6) is 0 Å². The van der Waals surface area contributed by atoms with E-state index in [1.807, 2.05) is 0 Å². The van der Waals surface area contributed by atoms with Crippen molar-refractivity contribution in [3.8, 4) is 0 Å². The van der Waals surface area contributed by atoms with Crippen LogP contribution in [0.3, 0.4) is 0 Å². The van der Waals surface area contributed by atoms with Crippen LogP contribution in [0.1, 0.15) is 36.5 Å². The number of primary amides is 1. The largest absolute Gasteiger partial charge is 0.364 e. The molecule has 0 radical (unpaired) electrons. The van der Waals surface area contributed by atoms with Crippen molar-refractivity contribution < 1.29 is 4.79 Å². The van der Waals surface area contributed by atoms with E-state index in [9.17, 15) is 4.79 Å². The summed E-state index contributed by atoms with van der Waals surface area (Å²) in [6.45, 7) is 4.98. The van der Waals surface area contributed by atoms with Gasteiger partial charge in [-0.3, -0.25) is 9.48 Å². The molecule has 2 N–H and O–H groups in total. The number of aryl methyl sites for hydroxylation is 1. The fourth-order valence-electron chi connectivity index (χ4n) is 1.91. The van der Waals surface area contributed by atoms with Crippen LogP contribution in [-0.4, -0.2) is 15.7 Å². The molecule has 0 unspecified atom stereocenters. The van der Waals surface area contributed by atoms with E-state index in [2.05, 4.69) is 18.9 Å². The average Bonchev–Trinajstić information content (AvgIpc) is 2.52. The highest BCUT2D eigenvalue weighted by molar-refractivity contribution is 6.34. The molecule has 1 aliphatic rings. The van der Waals surface area contributed by atoms with Crippen LogP contribution in [0.25, 0.3) is 0 Å². The first-order valence-electron chi connectivity index (χ1n) is 4.50. The third-order valence-corrected chi connectivity index (χ3v) is 3.08. The van der Waals surface area contributed by atoms with E-state index in [0.717, 1.165) is 18.7 Å². The lowest BCUT2D eigenvalue weighted by molar-refractivity contribution is 0.0995. The summed E-state index contributed by atoms with van der Waals surface area (Å²) in [6, 6.07) is 0. The number of rotatable bonds is 1.